The highest BCUT2D eigenvalue weighted by Crippen LogP contribution is 2.26. The summed E-state index contributed by atoms with van der Waals surface area (Å²) >= 11 is 0. The molecule has 1 amide bonds. The number of ether oxygens (including phenoxy) is 1. The Morgan fingerprint density at radius 2 is 2.04 bits per heavy atom. The highest BCUT2D eigenvalue weighted by Gasteiger charge is 2.31. The van der Waals surface area contributed by atoms with Crippen LogP contribution < -0.4 is 4.74 Å². The van der Waals surface area contributed by atoms with Crippen molar-refractivity contribution in [1.29, 1.82) is 0 Å². The number of halogens is 4. The average molecular weight is 354 g/mol. The Kier molecular flexibility index (Phi) is 4.61. The Bertz CT molecular complexity index is 792. The number of hydrogen-bond donors (Lipinski definition) is 0. The van der Waals surface area contributed by atoms with Gasteiger partial charge in [-0.1, -0.05) is 0 Å². The molecule has 3 rings (SSSR count). The van der Waals surface area contributed by atoms with Crippen LogP contribution >= 0.6 is 0 Å². The summed E-state index contributed by atoms with van der Waals surface area (Å²) in [5.41, 5.74) is 1.06. The number of fused-ring (bicyclic) bond motifs is 1. The second-order valence-corrected chi connectivity index (χ2v) is 5.63. The van der Waals surface area contributed by atoms with E-state index in [1.165, 1.54) is 4.90 Å². The first-order chi connectivity index (χ1) is 11.8. The molecule has 1 aromatic carbocycles. The summed E-state index contributed by atoms with van der Waals surface area (Å²) in [6, 6.07) is 6.04. The molecule has 2 aromatic rings. The minimum absolute atomic E-state index is 0.0394. The maximum atomic E-state index is 14.0. The standard InChI is InChI=1S/C17H14F4N2O2/c18-14-6-5-12(25-17(19,20)21)9-11(14)10-23-8-2-4-15-13(16(23)24)3-1-7-22-15/h1,3,5-7,9H,2,4,8,10H2. The number of amides is 1. The van der Waals surface area contributed by atoms with Crippen LogP contribution in [0, 0.1) is 5.82 Å². The predicted molar refractivity (Wildman–Crippen MR) is 80.4 cm³/mol. The number of rotatable bonds is 3. The van der Waals surface area contributed by atoms with E-state index in [9.17, 15) is 22.4 Å². The van der Waals surface area contributed by atoms with Gasteiger partial charge in [0.25, 0.3) is 5.91 Å². The number of hydrogen-bond acceptors (Lipinski definition) is 3. The van der Waals surface area contributed by atoms with Gasteiger partial charge in [-0.3, -0.25) is 9.78 Å². The fourth-order valence-corrected chi connectivity index (χ4v) is 2.77. The van der Waals surface area contributed by atoms with E-state index in [-0.39, 0.29) is 18.0 Å². The largest absolute Gasteiger partial charge is 0.573 e. The van der Waals surface area contributed by atoms with Crippen molar-refractivity contribution in [3.8, 4) is 5.75 Å². The zero-order valence-corrected chi connectivity index (χ0v) is 13.0. The highest BCUT2D eigenvalue weighted by molar-refractivity contribution is 5.95. The molecule has 0 spiro atoms. The zero-order valence-electron chi connectivity index (χ0n) is 13.0. The zero-order chi connectivity index (χ0) is 18.0. The van der Waals surface area contributed by atoms with E-state index < -0.39 is 17.9 Å². The Morgan fingerprint density at radius 3 is 2.80 bits per heavy atom. The van der Waals surface area contributed by atoms with Crippen LogP contribution in [-0.2, 0) is 13.0 Å². The Morgan fingerprint density at radius 1 is 1.24 bits per heavy atom. The fraction of sp³-hybridized carbons (Fsp3) is 0.294. The normalized spacial score (nSPS) is 14.9. The van der Waals surface area contributed by atoms with Gasteiger partial charge in [0.1, 0.15) is 11.6 Å². The van der Waals surface area contributed by atoms with E-state index in [2.05, 4.69) is 9.72 Å². The molecule has 8 heteroatoms. The van der Waals surface area contributed by atoms with Crippen LogP contribution in [0.5, 0.6) is 5.75 Å². The molecule has 0 saturated carbocycles. The first-order valence-corrected chi connectivity index (χ1v) is 7.61. The summed E-state index contributed by atoms with van der Waals surface area (Å²) < 4.78 is 54.8. The van der Waals surface area contributed by atoms with E-state index in [0.29, 0.717) is 30.6 Å². The summed E-state index contributed by atoms with van der Waals surface area (Å²) in [6.45, 7) is 0.215. The second kappa shape index (κ2) is 6.70. The summed E-state index contributed by atoms with van der Waals surface area (Å²) in [7, 11) is 0. The molecule has 0 fully saturated rings. The smallest absolute Gasteiger partial charge is 0.406 e. The SMILES string of the molecule is O=C1c2cccnc2CCCN1Cc1cc(OC(F)(F)F)ccc1F. The topological polar surface area (TPSA) is 42.4 Å². The van der Waals surface area contributed by atoms with Gasteiger partial charge in [0, 0.05) is 24.8 Å². The molecule has 1 aliphatic rings. The first-order valence-electron chi connectivity index (χ1n) is 7.61. The van der Waals surface area contributed by atoms with Gasteiger partial charge in [-0.2, -0.15) is 0 Å². The number of benzene rings is 1. The third kappa shape index (κ3) is 4.07. The van der Waals surface area contributed by atoms with Crippen molar-refractivity contribution in [2.24, 2.45) is 0 Å². The van der Waals surface area contributed by atoms with E-state index in [1.54, 1.807) is 18.3 Å². The first kappa shape index (κ1) is 17.2. The van der Waals surface area contributed by atoms with E-state index >= 15 is 0 Å². The monoisotopic (exact) mass is 354 g/mol. The van der Waals surface area contributed by atoms with Crippen LogP contribution in [0.1, 0.15) is 28.0 Å². The number of carbonyl (C=O) groups is 1. The number of aryl methyl sites for hydroxylation is 1. The number of nitrogens with zero attached hydrogens (tertiary/aromatic N) is 2. The van der Waals surface area contributed by atoms with E-state index in [4.69, 9.17) is 0 Å². The molecule has 1 aromatic heterocycles. The fourth-order valence-electron chi connectivity index (χ4n) is 2.77. The number of aromatic nitrogens is 1. The van der Waals surface area contributed by atoms with Gasteiger partial charge in [-0.25, -0.2) is 4.39 Å². The average Bonchev–Trinajstić information content (AvgIpc) is 2.69. The third-order valence-electron chi connectivity index (χ3n) is 3.86. The molecule has 0 atom stereocenters. The van der Waals surface area contributed by atoms with Gasteiger partial charge in [0.2, 0.25) is 0 Å². The second-order valence-electron chi connectivity index (χ2n) is 5.63. The molecule has 0 unspecified atom stereocenters. The minimum Gasteiger partial charge on any atom is -0.406 e. The van der Waals surface area contributed by atoms with Crippen molar-refractivity contribution in [1.82, 2.24) is 9.88 Å². The van der Waals surface area contributed by atoms with Crippen molar-refractivity contribution in [2.45, 2.75) is 25.7 Å². The Hall–Kier alpha value is -2.64. The molecular formula is C17H14F4N2O2. The van der Waals surface area contributed by atoms with Gasteiger partial charge in [0.05, 0.1) is 11.3 Å². The van der Waals surface area contributed by atoms with Crippen molar-refractivity contribution >= 4 is 5.91 Å². The number of carbonyl (C=O) groups excluding carboxylic acids is 1. The lowest BCUT2D eigenvalue weighted by atomic mass is 10.1. The quantitative estimate of drug-likeness (QED) is 0.790. The molecule has 1 aliphatic heterocycles. The number of alkyl halides is 3. The Labute approximate surface area is 141 Å². The van der Waals surface area contributed by atoms with Gasteiger partial charge >= 0.3 is 6.36 Å². The molecular weight excluding hydrogens is 340 g/mol. The van der Waals surface area contributed by atoms with Gasteiger partial charge in [-0.05, 0) is 43.2 Å². The summed E-state index contributed by atoms with van der Waals surface area (Å²) in [4.78, 5) is 18.2. The van der Waals surface area contributed by atoms with Crippen LogP contribution in [0.3, 0.4) is 0 Å². The summed E-state index contributed by atoms with van der Waals surface area (Å²) in [5, 5.41) is 0. The van der Waals surface area contributed by atoms with E-state index in [1.807, 2.05) is 0 Å². The van der Waals surface area contributed by atoms with Crippen molar-refractivity contribution < 1.29 is 27.1 Å². The maximum absolute atomic E-state index is 14.0. The molecule has 0 radical (unpaired) electrons. The van der Waals surface area contributed by atoms with Crippen LogP contribution in [0.15, 0.2) is 36.5 Å². The summed E-state index contributed by atoms with van der Waals surface area (Å²) in [6.07, 6.45) is -2.02. The van der Waals surface area contributed by atoms with Gasteiger partial charge in [-0.15, -0.1) is 13.2 Å². The number of pyridine rings is 1. The van der Waals surface area contributed by atoms with E-state index in [0.717, 1.165) is 18.2 Å². The molecule has 132 valence electrons. The molecule has 2 heterocycles. The van der Waals surface area contributed by atoms with Crippen molar-refractivity contribution in [2.75, 3.05) is 6.54 Å². The van der Waals surface area contributed by atoms with Crippen LogP contribution in [0.4, 0.5) is 17.6 Å². The Balaban J connectivity index is 1.84. The third-order valence-corrected chi connectivity index (χ3v) is 3.86. The molecule has 0 saturated heterocycles. The van der Waals surface area contributed by atoms with Crippen molar-refractivity contribution in [3.63, 3.8) is 0 Å². The molecule has 25 heavy (non-hydrogen) atoms. The van der Waals surface area contributed by atoms with Crippen LogP contribution in [0.25, 0.3) is 0 Å². The molecule has 0 N–H and O–H groups in total. The van der Waals surface area contributed by atoms with Crippen LogP contribution in [-0.4, -0.2) is 28.7 Å². The highest BCUT2D eigenvalue weighted by atomic mass is 19.4. The predicted octanol–water partition coefficient (Wildman–Crippen LogP) is 3.71. The van der Waals surface area contributed by atoms with Gasteiger partial charge < -0.3 is 9.64 Å². The lowest BCUT2D eigenvalue weighted by Gasteiger charge is -2.21. The maximum Gasteiger partial charge on any atom is 0.573 e. The lowest BCUT2D eigenvalue weighted by Crippen LogP contribution is -2.31. The molecule has 4 nitrogen and oxygen atoms in total. The minimum atomic E-state index is -4.86. The lowest BCUT2D eigenvalue weighted by molar-refractivity contribution is -0.274. The molecule has 0 aliphatic carbocycles. The molecule has 0 bridgehead atoms. The van der Waals surface area contributed by atoms with Crippen molar-refractivity contribution in [3.05, 3.63) is 59.2 Å². The van der Waals surface area contributed by atoms with Crippen LogP contribution in [0.2, 0.25) is 0 Å². The van der Waals surface area contributed by atoms with Gasteiger partial charge in [0.15, 0.2) is 0 Å². The summed E-state index contributed by atoms with van der Waals surface area (Å²) in [5.74, 6) is -1.53.